The fourth-order valence-electron chi connectivity index (χ4n) is 6.47. The van der Waals surface area contributed by atoms with Crippen LogP contribution in [0, 0.1) is 11.8 Å². The van der Waals surface area contributed by atoms with Crippen LogP contribution in [0.5, 0.6) is 0 Å². The molecule has 2 aliphatic rings. The number of nitrogens with one attached hydrogen (secondary N) is 3. The van der Waals surface area contributed by atoms with Crippen molar-refractivity contribution in [1.82, 2.24) is 35.7 Å². The summed E-state index contributed by atoms with van der Waals surface area (Å²) in [6, 6.07) is 22.0. The van der Waals surface area contributed by atoms with E-state index in [1.54, 1.807) is 24.3 Å². The Morgan fingerprint density at radius 1 is 0.896 bits per heavy atom. The molecule has 1 saturated carbocycles. The van der Waals surface area contributed by atoms with Crippen LogP contribution >= 0.6 is 0 Å². The molecule has 1 aromatic heterocycles. The first-order chi connectivity index (χ1) is 23.4. The summed E-state index contributed by atoms with van der Waals surface area (Å²) in [6.07, 6.45) is 3.69. The molecule has 0 unspecified atom stereocenters. The first kappa shape index (κ1) is 33.0. The smallest absolute Gasteiger partial charge is 0.253 e. The highest BCUT2D eigenvalue weighted by molar-refractivity contribution is 5.98. The van der Waals surface area contributed by atoms with Gasteiger partial charge < -0.3 is 26.2 Å². The maximum absolute atomic E-state index is 13.7. The molecule has 0 radical (unpaired) electrons. The summed E-state index contributed by atoms with van der Waals surface area (Å²) in [5.41, 5.74) is 10.7. The third-order valence-electron chi connectivity index (χ3n) is 9.57. The van der Waals surface area contributed by atoms with Gasteiger partial charge in [-0.1, -0.05) is 36.4 Å². The molecule has 48 heavy (non-hydrogen) atoms. The van der Waals surface area contributed by atoms with Crippen molar-refractivity contribution in [2.24, 2.45) is 17.6 Å². The van der Waals surface area contributed by atoms with Crippen molar-refractivity contribution in [2.45, 2.75) is 38.1 Å². The SMILES string of the molecule is CN1CCN(C(=O)c2cccc(-c3ccc(C[C@H](NC(=O)C4CCC(CN)CC4)C(=O)Nc4ccc(-c5nn[nH]n5)cc4)cc3)c2)CC1. The largest absolute Gasteiger partial charge is 0.344 e. The lowest BCUT2D eigenvalue weighted by atomic mass is 9.81. The number of piperazine rings is 1. The number of aromatic nitrogens is 4. The first-order valence-electron chi connectivity index (χ1n) is 16.7. The fourth-order valence-corrected chi connectivity index (χ4v) is 6.47. The van der Waals surface area contributed by atoms with E-state index in [0.717, 1.165) is 74.1 Å². The molecule has 1 atom stereocenters. The molecule has 3 aromatic carbocycles. The zero-order chi connectivity index (χ0) is 33.5. The Hall–Kier alpha value is -4.94. The monoisotopic (exact) mass is 649 g/mol. The molecule has 5 N–H and O–H groups in total. The van der Waals surface area contributed by atoms with Crippen LogP contribution in [0.1, 0.15) is 41.6 Å². The van der Waals surface area contributed by atoms with E-state index in [2.05, 4.69) is 43.2 Å². The topological polar surface area (TPSA) is 162 Å². The highest BCUT2D eigenvalue weighted by Gasteiger charge is 2.29. The van der Waals surface area contributed by atoms with Crippen molar-refractivity contribution in [3.63, 3.8) is 0 Å². The van der Waals surface area contributed by atoms with Gasteiger partial charge in [-0.05, 0) is 103 Å². The predicted octanol–water partition coefficient (Wildman–Crippen LogP) is 3.35. The van der Waals surface area contributed by atoms with Gasteiger partial charge in [0.2, 0.25) is 17.6 Å². The number of hydrogen-bond donors (Lipinski definition) is 4. The van der Waals surface area contributed by atoms with Crippen molar-refractivity contribution in [3.05, 3.63) is 83.9 Å². The van der Waals surface area contributed by atoms with Crippen LogP contribution in [0.2, 0.25) is 0 Å². The Balaban J connectivity index is 1.15. The zero-order valence-electron chi connectivity index (χ0n) is 27.3. The van der Waals surface area contributed by atoms with Gasteiger partial charge in [0.1, 0.15) is 6.04 Å². The van der Waals surface area contributed by atoms with Gasteiger partial charge in [-0.2, -0.15) is 5.21 Å². The predicted molar refractivity (Wildman–Crippen MR) is 184 cm³/mol. The molecule has 6 rings (SSSR count). The molecule has 1 aliphatic heterocycles. The van der Waals surface area contributed by atoms with Crippen LogP contribution < -0.4 is 16.4 Å². The summed E-state index contributed by atoms with van der Waals surface area (Å²) in [7, 11) is 2.07. The number of aromatic amines is 1. The van der Waals surface area contributed by atoms with E-state index in [9.17, 15) is 14.4 Å². The number of carbonyl (C=O) groups is 3. The summed E-state index contributed by atoms with van der Waals surface area (Å²) in [4.78, 5) is 44.4. The molecule has 0 bridgehead atoms. The lowest BCUT2D eigenvalue weighted by molar-refractivity contribution is -0.130. The van der Waals surface area contributed by atoms with Crippen LogP contribution in [0.3, 0.4) is 0 Å². The van der Waals surface area contributed by atoms with Gasteiger partial charge in [-0.3, -0.25) is 14.4 Å². The van der Waals surface area contributed by atoms with E-state index in [1.165, 1.54) is 0 Å². The molecule has 3 amide bonds. The van der Waals surface area contributed by atoms with E-state index in [4.69, 9.17) is 5.73 Å². The summed E-state index contributed by atoms with van der Waals surface area (Å²) in [6.45, 7) is 3.82. The molecular formula is C36H43N9O3. The number of tetrazole rings is 1. The Kier molecular flexibility index (Phi) is 10.5. The molecule has 1 saturated heterocycles. The highest BCUT2D eigenvalue weighted by atomic mass is 16.2. The number of nitrogens with zero attached hydrogens (tertiary/aromatic N) is 5. The number of anilines is 1. The van der Waals surface area contributed by atoms with E-state index in [0.29, 0.717) is 36.0 Å². The number of amides is 3. The lowest BCUT2D eigenvalue weighted by Crippen LogP contribution is -2.48. The van der Waals surface area contributed by atoms with Crippen LogP contribution in [0.15, 0.2) is 72.8 Å². The quantitative estimate of drug-likeness (QED) is 0.203. The van der Waals surface area contributed by atoms with Crippen molar-refractivity contribution in [3.8, 4) is 22.5 Å². The molecule has 2 heterocycles. The minimum atomic E-state index is -0.781. The fraction of sp³-hybridized carbons (Fsp3) is 0.389. The van der Waals surface area contributed by atoms with Crippen molar-refractivity contribution in [2.75, 3.05) is 45.1 Å². The lowest BCUT2D eigenvalue weighted by Gasteiger charge is -2.32. The van der Waals surface area contributed by atoms with Gasteiger partial charge in [0.15, 0.2) is 0 Å². The van der Waals surface area contributed by atoms with Crippen LogP contribution in [0.4, 0.5) is 5.69 Å². The average molecular weight is 650 g/mol. The van der Waals surface area contributed by atoms with Crippen molar-refractivity contribution in [1.29, 1.82) is 0 Å². The van der Waals surface area contributed by atoms with Gasteiger partial charge in [0.05, 0.1) is 0 Å². The second-order valence-corrected chi connectivity index (χ2v) is 12.9. The van der Waals surface area contributed by atoms with Crippen LogP contribution in [0.25, 0.3) is 22.5 Å². The van der Waals surface area contributed by atoms with Gasteiger partial charge >= 0.3 is 0 Å². The van der Waals surface area contributed by atoms with Crippen molar-refractivity contribution >= 4 is 23.4 Å². The number of carbonyl (C=O) groups excluding carboxylic acids is 3. The number of H-pyrrole nitrogens is 1. The first-order valence-corrected chi connectivity index (χ1v) is 16.7. The average Bonchev–Trinajstić information content (AvgIpc) is 3.67. The number of hydrogen-bond acceptors (Lipinski definition) is 8. The molecule has 12 nitrogen and oxygen atoms in total. The molecule has 12 heteroatoms. The summed E-state index contributed by atoms with van der Waals surface area (Å²) in [5, 5.41) is 20.0. The van der Waals surface area contributed by atoms with Gasteiger partial charge in [-0.15, -0.1) is 10.2 Å². The van der Waals surface area contributed by atoms with Crippen LogP contribution in [-0.4, -0.2) is 94.0 Å². The standard InChI is InChI=1S/C36H43N9O3/c1-44-17-19-45(20-18-44)36(48)30-4-2-3-29(22-30)26-9-5-24(6-10-26)21-32(39-34(46)28-11-7-25(23-37)8-12-28)35(47)38-31-15-13-27(14-16-31)33-40-42-43-41-33/h2-6,9-10,13-16,22,25,28,32H,7-8,11-12,17-21,23,37H2,1H3,(H,38,47)(H,39,46)(H,40,41,42,43)/t25?,28?,32-/m0/s1. The van der Waals surface area contributed by atoms with E-state index < -0.39 is 6.04 Å². The third-order valence-corrected chi connectivity index (χ3v) is 9.57. The Morgan fingerprint density at radius 3 is 2.27 bits per heavy atom. The van der Waals surface area contributed by atoms with Crippen LogP contribution in [-0.2, 0) is 16.0 Å². The Labute approximate surface area is 280 Å². The molecule has 250 valence electrons. The minimum Gasteiger partial charge on any atom is -0.344 e. The normalized spacial score (nSPS) is 19.0. The Morgan fingerprint density at radius 2 is 1.60 bits per heavy atom. The number of benzene rings is 3. The second-order valence-electron chi connectivity index (χ2n) is 12.9. The third kappa shape index (κ3) is 8.12. The molecule has 0 spiro atoms. The van der Waals surface area contributed by atoms with E-state index >= 15 is 0 Å². The molecular weight excluding hydrogens is 606 g/mol. The maximum atomic E-state index is 13.7. The van der Waals surface area contributed by atoms with E-state index in [-0.39, 0.29) is 23.6 Å². The van der Waals surface area contributed by atoms with Gasteiger partial charge in [0.25, 0.3) is 5.91 Å². The summed E-state index contributed by atoms with van der Waals surface area (Å²) >= 11 is 0. The minimum absolute atomic E-state index is 0.0483. The molecule has 2 fully saturated rings. The number of rotatable bonds is 10. The molecule has 1 aliphatic carbocycles. The van der Waals surface area contributed by atoms with Gasteiger partial charge in [-0.25, -0.2) is 0 Å². The maximum Gasteiger partial charge on any atom is 0.253 e. The van der Waals surface area contributed by atoms with E-state index in [1.807, 2.05) is 53.4 Å². The zero-order valence-corrected chi connectivity index (χ0v) is 27.3. The summed E-state index contributed by atoms with van der Waals surface area (Å²) < 4.78 is 0. The Bertz CT molecular complexity index is 1680. The number of nitrogens with two attached hydrogens (primary N) is 1. The summed E-state index contributed by atoms with van der Waals surface area (Å²) in [5.74, 6) is 0.418. The highest BCUT2D eigenvalue weighted by Crippen LogP contribution is 2.29. The van der Waals surface area contributed by atoms with Crippen molar-refractivity contribution < 1.29 is 14.4 Å². The number of likely N-dealkylation sites (N-methyl/N-ethyl adjacent to an activating group) is 1. The molecule has 4 aromatic rings. The second kappa shape index (κ2) is 15.3. The van der Waals surface area contributed by atoms with Gasteiger partial charge in [0, 0.05) is 55.3 Å².